The van der Waals surface area contributed by atoms with Crippen LogP contribution in [0.3, 0.4) is 0 Å². The lowest BCUT2D eigenvalue weighted by molar-refractivity contribution is -0.386. The quantitative estimate of drug-likeness (QED) is 0.524. The van der Waals surface area contributed by atoms with Gasteiger partial charge in [-0.15, -0.1) is 0 Å². The summed E-state index contributed by atoms with van der Waals surface area (Å²) < 4.78 is 1.45. The van der Waals surface area contributed by atoms with Crippen molar-refractivity contribution in [1.29, 1.82) is 0 Å². The van der Waals surface area contributed by atoms with Crippen LogP contribution in [0.2, 0.25) is 10.0 Å². The first kappa shape index (κ1) is 21.5. The molecule has 1 aromatic heterocycles. The van der Waals surface area contributed by atoms with Gasteiger partial charge in [0.05, 0.1) is 4.92 Å². The summed E-state index contributed by atoms with van der Waals surface area (Å²) >= 11 is 12.2. The maximum Gasteiger partial charge on any atom is 0.312 e. The highest BCUT2D eigenvalue weighted by Crippen LogP contribution is 2.26. The van der Waals surface area contributed by atoms with Crippen LogP contribution in [0.5, 0.6) is 0 Å². The van der Waals surface area contributed by atoms with Crippen molar-refractivity contribution in [2.75, 3.05) is 26.2 Å². The monoisotopic (exact) mass is 439 g/mol. The minimum atomic E-state index is -0.598. The molecule has 8 nitrogen and oxygen atoms in total. The van der Waals surface area contributed by atoms with Crippen LogP contribution < -0.4 is 0 Å². The summed E-state index contributed by atoms with van der Waals surface area (Å²) in [6.45, 7) is 8.21. The molecule has 0 saturated carbocycles. The lowest BCUT2D eigenvalue weighted by Crippen LogP contribution is -2.50. The van der Waals surface area contributed by atoms with Crippen LogP contribution in [0.15, 0.2) is 18.2 Å². The van der Waals surface area contributed by atoms with Gasteiger partial charge in [-0.2, -0.15) is 5.10 Å². The van der Waals surface area contributed by atoms with Gasteiger partial charge in [0, 0.05) is 42.8 Å². The minimum Gasteiger partial charge on any atom is -0.338 e. The molecular weight excluding hydrogens is 417 g/mol. The number of halogens is 2. The molecule has 1 aliphatic heterocycles. The predicted octanol–water partition coefficient (Wildman–Crippen LogP) is 3.62. The van der Waals surface area contributed by atoms with Crippen LogP contribution in [-0.4, -0.2) is 56.6 Å². The lowest BCUT2D eigenvalue weighted by Gasteiger charge is -2.36. The Morgan fingerprint density at radius 2 is 1.90 bits per heavy atom. The zero-order chi connectivity index (χ0) is 21.3. The lowest BCUT2D eigenvalue weighted by atomic mass is 10.2. The van der Waals surface area contributed by atoms with Crippen molar-refractivity contribution in [3.63, 3.8) is 0 Å². The molecule has 1 atom stereocenters. The van der Waals surface area contributed by atoms with Gasteiger partial charge in [-0.3, -0.25) is 24.5 Å². The molecule has 0 spiro atoms. The number of nitrogens with zero attached hydrogens (tertiary/aromatic N) is 5. The molecule has 0 aliphatic carbocycles. The van der Waals surface area contributed by atoms with Gasteiger partial charge in [0.25, 0.3) is 0 Å². The molecular formula is C19H23Cl2N5O3. The first-order chi connectivity index (χ1) is 13.7. The fraction of sp³-hybridized carbons (Fsp3) is 0.474. The summed E-state index contributed by atoms with van der Waals surface area (Å²) in [6, 6.07) is 4.87. The average Bonchev–Trinajstić information content (AvgIpc) is 2.97. The fourth-order valence-electron chi connectivity index (χ4n) is 3.68. The van der Waals surface area contributed by atoms with E-state index in [0.29, 0.717) is 54.2 Å². The number of hydrogen-bond acceptors (Lipinski definition) is 5. The second-order valence-corrected chi connectivity index (χ2v) is 8.08. The fourth-order valence-corrected chi connectivity index (χ4v) is 4.15. The number of aromatic nitrogens is 2. The van der Waals surface area contributed by atoms with Gasteiger partial charge in [-0.25, -0.2) is 0 Å². The molecule has 156 valence electrons. The van der Waals surface area contributed by atoms with Crippen molar-refractivity contribution in [1.82, 2.24) is 19.6 Å². The Bertz CT molecular complexity index is 938. The van der Waals surface area contributed by atoms with Gasteiger partial charge < -0.3 is 4.90 Å². The summed E-state index contributed by atoms with van der Waals surface area (Å²) in [6.07, 6.45) is 0. The van der Waals surface area contributed by atoms with Gasteiger partial charge >= 0.3 is 5.69 Å². The molecule has 3 rings (SSSR count). The third-order valence-corrected chi connectivity index (χ3v) is 5.87. The number of aryl methyl sites for hydroxylation is 1. The number of carbonyl (C=O) groups excluding carboxylic acids is 1. The van der Waals surface area contributed by atoms with E-state index in [0.717, 1.165) is 5.56 Å². The van der Waals surface area contributed by atoms with E-state index in [1.807, 2.05) is 12.1 Å². The summed E-state index contributed by atoms with van der Waals surface area (Å²) in [5.41, 5.74) is 1.68. The highest BCUT2D eigenvalue weighted by molar-refractivity contribution is 6.35. The number of nitro groups is 1. The van der Waals surface area contributed by atoms with Gasteiger partial charge in [0.1, 0.15) is 17.4 Å². The maximum absolute atomic E-state index is 12.9. The van der Waals surface area contributed by atoms with Crippen molar-refractivity contribution in [3.8, 4) is 0 Å². The van der Waals surface area contributed by atoms with Crippen molar-refractivity contribution in [2.24, 2.45) is 0 Å². The highest BCUT2D eigenvalue weighted by atomic mass is 35.5. The van der Waals surface area contributed by atoms with Crippen molar-refractivity contribution >= 4 is 34.8 Å². The van der Waals surface area contributed by atoms with E-state index in [1.165, 1.54) is 4.68 Å². The smallest absolute Gasteiger partial charge is 0.312 e. The molecule has 0 N–H and O–H groups in total. The Morgan fingerprint density at radius 3 is 2.45 bits per heavy atom. The van der Waals surface area contributed by atoms with Crippen LogP contribution in [0.25, 0.3) is 0 Å². The molecule has 0 radical (unpaired) electrons. The van der Waals surface area contributed by atoms with E-state index in [4.69, 9.17) is 23.2 Å². The number of hydrogen-bond donors (Lipinski definition) is 0. The van der Waals surface area contributed by atoms with E-state index in [2.05, 4.69) is 10.00 Å². The Morgan fingerprint density at radius 1 is 1.24 bits per heavy atom. The van der Waals surface area contributed by atoms with Crippen molar-refractivity contribution in [2.45, 2.75) is 33.4 Å². The van der Waals surface area contributed by atoms with Gasteiger partial charge in [-0.05, 0) is 38.5 Å². The standard InChI is InChI=1S/C19H23Cl2N5O3/c1-12-18(26(28)29)13(2)25(22-12)14(3)19(27)24-8-6-23(7-9-24)11-15-4-5-16(20)10-17(15)21/h4-5,10,14H,6-9,11H2,1-3H3. The van der Waals surface area contributed by atoms with Crippen molar-refractivity contribution < 1.29 is 9.72 Å². The summed E-state index contributed by atoms with van der Waals surface area (Å²) in [5.74, 6) is -0.0883. The normalized spacial score (nSPS) is 16.1. The molecule has 2 heterocycles. The molecule has 0 bridgehead atoms. The molecule has 1 aromatic carbocycles. The van der Waals surface area contributed by atoms with Gasteiger partial charge in [-0.1, -0.05) is 29.3 Å². The van der Waals surface area contributed by atoms with E-state index in [-0.39, 0.29) is 11.6 Å². The van der Waals surface area contributed by atoms with Crippen LogP contribution >= 0.6 is 23.2 Å². The third-order valence-electron chi connectivity index (χ3n) is 5.29. The average molecular weight is 440 g/mol. The third kappa shape index (κ3) is 4.55. The van der Waals surface area contributed by atoms with E-state index in [9.17, 15) is 14.9 Å². The molecule has 1 unspecified atom stereocenters. The first-order valence-electron chi connectivity index (χ1n) is 9.34. The number of rotatable bonds is 5. The van der Waals surface area contributed by atoms with E-state index >= 15 is 0 Å². The minimum absolute atomic E-state index is 0.0330. The summed E-state index contributed by atoms with van der Waals surface area (Å²) in [7, 11) is 0. The van der Waals surface area contributed by atoms with Crippen LogP contribution in [0.4, 0.5) is 5.69 Å². The highest BCUT2D eigenvalue weighted by Gasteiger charge is 2.31. The molecule has 1 aliphatic rings. The van der Waals surface area contributed by atoms with Gasteiger partial charge in [0.2, 0.25) is 5.91 Å². The molecule has 29 heavy (non-hydrogen) atoms. The maximum atomic E-state index is 12.9. The zero-order valence-corrected chi connectivity index (χ0v) is 18.1. The molecule has 1 amide bonds. The zero-order valence-electron chi connectivity index (χ0n) is 16.6. The number of carbonyl (C=O) groups is 1. The molecule has 1 saturated heterocycles. The van der Waals surface area contributed by atoms with Crippen LogP contribution in [0.1, 0.15) is 29.9 Å². The summed E-state index contributed by atoms with van der Waals surface area (Å²) in [4.78, 5) is 27.7. The second kappa shape index (κ2) is 8.69. The van der Waals surface area contributed by atoms with Crippen molar-refractivity contribution in [3.05, 3.63) is 55.3 Å². The van der Waals surface area contributed by atoms with Gasteiger partial charge in [0.15, 0.2) is 0 Å². The SMILES string of the molecule is Cc1nn(C(C)C(=O)N2CCN(Cc3ccc(Cl)cc3Cl)CC2)c(C)c1[N+](=O)[O-]. The molecule has 2 aromatic rings. The number of piperazine rings is 1. The Labute approximate surface area is 179 Å². The number of benzene rings is 1. The summed E-state index contributed by atoms with van der Waals surface area (Å²) in [5, 5.41) is 16.7. The Hall–Kier alpha value is -2.16. The van der Waals surface area contributed by atoms with E-state index in [1.54, 1.807) is 31.7 Å². The van der Waals surface area contributed by atoms with E-state index < -0.39 is 11.0 Å². The Kier molecular flexibility index (Phi) is 6.45. The first-order valence-corrected chi connectivity index (χ1v) is 10.1. The topological polar surface area (TPSA) is 84.5 Å². The van der Waals surface area contributed by atoms with Crippen LogP contribution in [-0.2, 0) is 11.3 Å². The molecule has 10 heteroatoms. The predicted molar refractivity (Wildman–Crippen MR) is 111 cm³/mol. The Balaban J connectivity index is 1.62. The van der Waals surface area contributed by atoms with Crippen LogP contribution in [0, 0.1) is 24.0 Å². The second-order valence-electron chi connectivity index (χ2n) is 7.23. The largest absolute Gasteiger partial charge is 0.338 e. The molecule has 1 fully saturated rings. The number of amides is 1.